The largest absolute Gasteiger partial charge is 0.387 e. The number of aromatic nitrogens is 1. The summed E-state index contributed by atoms with van der Waals surface area (Å²) in [5.41, 5.74) is 1.01. The van der Waals surface area contributed by atoms with Crippen molar-refractivity contribution in [3.05, 3.63) is 23.9 Å². The normalized spacial score (nSPS) is 15.9. The summed E-state index contributed by atoms with van der Waals surface area (Å²) < 4.78 is 0. The second-order valence-electron chi connectivity index (χ2n) is 4.86. The molecule has 5 nitrogen and oxygen atoms in total. The molecular weight excluding hydrogens is 242 g/mol. The Labute approximate surface area is 113 Å². The van der Waals surface area contributed by atoms with E-state index in [0.717, 1.165) is 24.5 Å². The van der Waals surface area contributed by atoms with E-state index in [4.69, 9.17) is 5.11 Å². The molecule has 0 spiro atoms. The molecule has 0 radical (unpaired) electrons. The van der Waals surface area contributed by atoms with Crippen LogP contribution in [0.2, 0.25) is 0 Å². The number of pyridine rings is 1. The Kier molecular flexibility index (Phi) is 5.15. The van der Waals surface area contributed by atoms with Crippen LogP contribution in [0.5, 0.6) is 0 Å². The molecule has 0 saturated carbocycles. The fraction of sp³-hybridized carbons (Fsp3) is 0.571. The number of hydrogen-bond acceptors (Lipinski definition) is 4. The summed E-state index contributed by atoms with van der Waals surface area (Å²) in [4.78, 5) is 17.8. The van der Waals surface area contributed by atoms with E-state index in [1.165, 1.54) is 25.7 Å². The van der Waals surface area contributed by atoms with Crippen LogP contribution in [0.25, 0.3) is 0 Å². The third-order valence-electron chi connectivity index (χ3n) is 3.37. The van der Waals surface area contributed by atoms with Crippen molar-refractivity contribution in [3.63, 3.8) is 0 Å². The molecule has 1 fully saturated rings. The van der Waals surface area contributed by atoms with Crippen LogP contribution in [-0.2, 0) is 11.3 Å². The predicted octanol–water partition coefficient (Wildman–Crippen LogP) is 1.07. The summed E-state index contributed by atoms with van der Waals surface area (Å²) in [6.07, 6.45) is 6.80. The number of aliphatic hydroxyl groups is 1. The van der Waals surface area contributed by atoms with Gasteiger partial charge in [-0.05, 0) is 30.5 Å². The van der Waals surface area contributed by atoms with E-state index in [0.29, 0.717) is 6.54 Å². The van der Waals surface area contributed by atoms with Gasteiger partial charge in [-0.25, -0.2) is 4.98 Å². The summed E-state index contributed by atoms with van der Waals surface area (Å²) in [7, 11) is 0. The van der Waals surface area contributed by atoms with Crippen LogP contribution in [0.4, 0.5) is 5.82 Å². The molecule has 0 atom stereocenters. The zero-order valence-corrected chi connectivity index (χ0v) is 11.1. The molecule has 1 aliphatic rings. The van der Waals surface area contributed by atoms with Gasteiger partial charge in [-0.1, -0.05) is 12.8 Å². The van der Waals surface area contributed by atoms with E-state index in [1.54, 1.807) is 6.20 Å². The number of aliphatic hydroxyl groups excluding tert-OH is 1. The zero-order valence-electron chi connectivity index (χ0n) is 11.1. The number of carbonyl (C=O) groups is 1. The van der Waals surface area contributed by atoms with Gasteiger partial charge in [-0.15, -0.1) is 0 Å². The number of nitrogens with one attached hydrogen (secondary N) is 1. The van der Waals surface area contributed by atoms with Crippen molar-refractivity contribution >= 4 is 11.7 Å². The topological polar surface area (TPSA) is 65.5 Å². The summed E-state index contributed by atoms with van der Waals surface area (Å²) in [5, 5.41) is 11.3. The highest BCUT2D eigenvalue weighted by molar-refractivity contribution is 5.76. The van der Waals surface area contributed by atoms with Crippen molar-refractivity contribution in [1.82, 2.24) is 10.3 Å². The lowest BCUT2D eigenvalue weighted by atomic mass is 10.2. The Hall–Kier alpha value is -1.62. The van der Waals surface area contributed by atoms with Gasteiger partial charge in [-0.2, -0.15) is 0 Å². The van der Waals surface area contributed by atoms with Gasteiger partial charge in [-0.3, -0.25) is 4.79 Å². The quantitative estimate of drug-likeness (QED) is 0.853. The van der Waals surface area contributed by atoms with Crippen molar-refractivity contribution in [2.45, 2.75) is 32.2 Å². The lowest BCUT2D eigenvalue weighted by Crippen LogP contribution is -2.27. The van der Waals surface area contributed by atoms with Crippen molar-refractivity contribution in [2.75, 3.05) is 24.6 Å². The Morgan fingerprint density at radius 2 is 2.05 bits per heavy atom. The second-order valence-corrected chi connectivity index (χ2v) is 4.86. The lowest BCUT2D eigenvalue weighted by Gasteiger charge is -2.21. The van der Waals surface area contributed by atoms with E-state index >= 15 is 0 Å². The monoisotopic (exact) mass is 263 g/mol. The summed E-state index contributed by atoms with van der Waals surface area (Å²) in [6.45, 7) is 2.08. The fourth-order valence-electron chi connectivity index (χ4n) is 2.30. The van der Waals surface area contributed by atoms with E-state index < -0.39 is 6.61 Å². The van der Waals surface area contributed by atoms with E-state index in [9.17, 15) is 4.79 Å². The van der Waals surface area contributed by atoms with E-state index in [1.807, 2.05) is 12.1 Å². The molecule has 0 bridgehead atoms. The highest BCUT2D eigenvalue weighted by atomic mass is 16.3. The first-order chi connectivity index (χ1) is 9.29. The molecule has 0 aliphatic carbocycles. The molecule has 0 unspecified atom stereocenters. The van der Waals surface area contributed by atoms with Gasteiger partial charge in [0, 0.05) is 25.8 Å². The SMILES string of the molecule is O=C(CO)NCc1ccnc(N2CCCCCC2)c1. The molecule has 1 aromatic heterocycles. The molecule has 0 aromatic carbocycles. The molecular formula is C14H21N3O2. The van der Waals surface area contributed by atoms with Crippen LogP contribution in [0.1, 0.15) is 31.2 Å². The van der Waals surface area contributed by atoms with Gasteiger partial charge in [0.15, 0.2) is 0 Å². The molecule has 2 rings (SSSR count). The number of carbonyl (C=O) groups excluding carboxylic acids is 1. The van der Waals surface area contributed by atoms with E-state index in [2.05, 4.69) is 15.2 Å². The fourth-order valence-corrected chi connectivity index (χ4v) is 2.30. The van der Waals surface area contributed by atoms with Gasteiger partial charge < -0.3 is 15.3 Å². The van der Waals surface area contributed by atoms with Crippen molar-refractivity contribution in [2.24, 2.45) is 0 Å². The van der Waals surface area contributed by atoms with Crippen LogP contribution in [0.15, 0.2) is 18.3 Å². The Morgan fingerprint density at radius 3 is 2.74 bits per heavy atom. The first-order valence-electron chi connectivity index (χ1n) is 6.87. The second kappa shape index (κ2) is 7.09. The van der Waals surface area contributed by atoms with Gasteiger partial charge in [0.2, 0.25) is 5.91 Å². The zero-order chi connectivity index (χ0) is 13.5. The van der Waals surface area contributed by atoms with Crippen LogP contribution in [0, 0.1) is 0 Å². The maximum Gasteiger partial charge on any atom is 0.245 e. The van der Waals surface area contributed by atoms with Crippen LogP contribution < -0.4 is 10.2 Å². The Bertz CT molecular complexity index is 415. The van der Waals surface area contributed by atoms with Crippen molar-refractivity contribution < 1.29 is 9.90 Å². The standard InChI is InChI=1S/C14H21N3O2/c18-11-14(19)16-10-12-5-6-15-13(9-12)17-7-3-1-2-4-8-17/h5-6,9,18H,1-4,7-8,10-11H2,(H,16,19). The minimum atomic E-state index is -0.468. The molecule has 1 aromatic rings. The molecule has 2 N–H and O–H groups in total. The van der Waals surface area contributed by atoms with Crippen molar-refractivity contribution in [1.29, 1.82) is 0 Å². The number of hydrogen-bond donors (Lipinski definition) is 2. The first kappa shape index (κ1) is 13.8. The Balaban J connectivity index is 1.99. The number of anilines is 1. The van der Waals surface area contributed by atoms with Crippen LogP contribution >= 0.6 is 0 Å². The summed E-state index contributed by atoms with van der Waals surface area (Å²) >= 11 is 0. The third kappa shape index (κ3) is 4.21. The smallest absolute Gasteiger partial charge is 0.245 e. The third-order valence-corrected chi connectivity index (χ3v) is 3.37. The maximum atomic E-state index is 11.0. The minimum absolute atomic E-state index is 0.354. The average Bonchev–Trinajstić information content (AvgIpc) is 2.74. The highest BCUT2D eigenvalue weighted by Crippen LogP contribution is 2.18. The van der Waals surface area contributed by atoms with Gasteiger partial charge in [0.25, 0.3) is 0 Å². The highest BCUT2D eigenvalue weighted by Gasteiger charge is 2.11. The number of rotatable bonds is 4. The van der Waals surface area contributed by atoms with E-state index in [-0.39, 0.29) is 5.91 Å². The van der Waals surface area contributed by atoms with Crippen LogP contribution in [0.3, 0.4) is 0 Å². The first-order valence-corrected chi connectivity index (χ1v) is 6.87. The van der Waals surface area contributed by atoms with Crippen LogP contribution in [-0.4, -0.2) is 35.7 Å². The van der Waals surface area contributed by atoms with Gasteiger partial charge >= 0.3 is 0 Å². The lowest BCUT2D eigenvalue weighted by molar-refractivity contribution is -0.123. The van der Waals surface area contributed by atoms with Crippen molar-refractivity contribution in [3.8, 4) is 0 Å². The minimum Gasteiger partial charge on any atom is -0.387 e. The Morgan fingerprint density at radius 1 is 1.32 bits per heavy atom. The molecule has 1 saturated heterocycles. The average molecular weight is 263 g/mol. The molecule has 104 valence electrons. The molecule has 1 amide bonds. The molecule has 5 heteroatoms. The summed E-state index contributed by atoms with van der Waals surface area (Å²) in [5.74, 6) is 0.630. The molecule has 19 heavy (non-hydrogen) atoms. The molecule has 1 aliphatic heterocycles. The summed E-state index contributed by atoms with van der Waals surface area (Å²) in [6, 6.07) is 3.90. The molecule has 2 heterocycles. The maximum absolute atomic E-state index is 11.0. The van der Waals surface area contributed by atoms with Gasteiger partial charge in [0.1, 0.15) is 12.4 Å². The van der Waals surface area contributed by atoms with Gasteiger partial charge in [0.05, 0.1) is 0 Å². The number of nitrogens with zero attached hydrogens (tertiary/aromatic N) is 2. The predicted molar refractivity (Wildman–Crippen MR) is 73.9 cm³/mol. The number of amides is 1.